The monoisotopic (exact) mass is 278 g/mol. The predicted molar refractivity (Wildman–Crippen MR) is 73.8 cm³/mol. The molecule has 84 valence electrons. The van der Waals surface area contributed by atoms with Crippen molar-refractivity contribution in [3.63, 3.8) is 0 Å². The van der Waals surface area contributed by atoms with Crippen molar-refractivity contribution in [2.24, 2.45) is 5.73 Å². The van der Waals surface area contributed by atoms with Crippen molar-refractivity contribution in [3.05, 3.63) is 40.9 Å². The van der Waals surface area contributed by atoms with Crippen molar-refractivity contribution in [1.29, 1.82) is 0 Å². The Balaban J connectivity index is 2.33. The number of hydrogen-bond acceptors (Lipinski definition) is 2. The molecule has 0 bridgehead atoms. The Morgan fingerprint density at radius 1 is 1.19 bits per heavy atom. The summed E-state index contributed by atoms with van der Waals surface area (Å²) >= 11 is 3.47. The first-order valence-corrected chi connectivity index (χ1v) is 6.14. The van der Waals surface area contributed by atoms with Gasteiger partial charge in [0.2, 0.25) is 0 Å². The minimum atomic E-state index is 0.299. The van der Waals surface area contributed by atoms with Crippen molar-refractivity contribution >= 4 is 32.4 Å². The van der Waals surface area contributed by atoms with E-state index in [0.29, 0.717) is 12.6 Å². The highest BCUT2D eigenvalue weighted by Crippen LogP contribution is 2.23. The lowest BCUT2D eigenvalue weighted by atomic mass is 10.1. The first kappa shape index (κ1) is 11.4. The molecular weight excluding hydrogens is 264 g/mol. The number of nitrogens with one attached hydrogen (secondary N) is 1. The third-order valence-electron chi connectivity index (χ3n) is 2.57. The molecule has 0 fully saturated rings. The fraction of sp³-hybridized carbons (Fsp3) is 0.231. The zero-order chi connectivity index (χ0) is 11.5. The first-order valence-electron chi connectivity index (χ1n) is 5.35. The van der Waals surface area contributed by atoms with Gasteiger partial charge in [0, 0.05) is 22.7 Å². The number of hydrogen-bond donors (Lipinski definition) is 2. The van der Waals surface area contributed by atoms with E-state index >= 15 is 0 Å². The topological polar surface area (TPSA) is 38.0 Å². The Kier molecular flexibility index (Phi) is 3.46. The molecule has 0 heterocycles. The van der Waals surface area contributed by atoms with Gasteiger partial charge in [-0.05, 0) is 42.0 Å². The lowest BCUT2D eigenvalue weighted by molar-refractivity contribution is 0.804. The van der Waals surface area contributed by atoms with E-state index in [4.69, 9.17) is 5.73 Å². The number of fused-ring (bicyclic) bond motifs is 1. The van der Waals surface area contributed by atoms with Gasteiger partial charge < -0.3 is 11.1 Å². The zero-order valence-corrected chi connectivity index (χ0v) is 10.8. The second-order valence-electron chi connectivity index (χ2n) is 3.99. The average molecular weight is 279 g/mol. The van der Waals surface area contributed by atoms with Crippen LogP contribution in [-0.2, 0) is 0 Å². The minimum absolute atomic E-state index is 0.299. The molecule has 3 N–H and O–H groups in total. The lowest BCUT2D eigenvalue weighted by Gasteiger charge is -2.13. The van der Waals surface area contributed by atoms with Gasteiger partial charge in [-0.2, -0.15) is 0 Å². The maximum Gasteiger partial charge on any atom is 0.0355 e. The third-order valence-corrected chi connectivity index (χ3v) is 3.06. The maximum atomic E-state index is 5.58. The number of halogens is 1. The van der Waals surface area contributed by atoms with Crippen LogP contribution in [0.4, 0.5) is 5.69 Å². The van der Waals surface area contributed by atoms with Gasteiger partial charge in [0.15, 0.2) is 0 Å². The van der Waals surface area contributed by atoms with Crippen LogP contribution in [0.2, 0.25) is 0 Å². The van der Waals surface area contributed by atoms with E-state index in [-0.39, 0.29) is 0 Å². The Morgan fingerprint density at radius 2 is 1.88 bits per heavy atom. The minimum Gasteiger partial charge on any atom is -0.381 e. The molecule has 0 spiro atoms. The number of benzene rings is 2. The molecule has 2 nitrogen and oxygen atoms in total. The Hall–Kier alpha value is -1.06. The van der Waals surface area contributed by atoms with Gasteiger partial charge in [0.25, 0.3) is 0 Å². The standard InChI is InChI=1S/C13H15BrN2/c1-9(8-15)16-13-5-3-10-6-12(14)4-2-11(10)7-13/h2-7,9,16H,8,15H2,1H3. The number of anilines is 1. The fourth-order valence-corrected chi connectivity index (χ4v) is 2.03. The molecule has 1 atom stereocenters. The highest BCUT2D eigenvalue weighted by atomic mass is 79.9. The average Bonchev–Trinajstić information content (AvgIpc) is 2.29. The molecule has 0 aromatic heterocycles. The summed E-state index contributed by atoms with van der Waals surface area (Å²) in [5, 5.41) is 5.83. The van der Waals surface area contributed by atoms with Crippen molar-refractivity contribution in [3.8, 4) is 0 Å². The molecule has 0 saturated heterocycles. The molecule has 0 aliphatic heterocycles. The third kappa shape index (κ3) is 2.54. The summed E-state index contributed by atoms with van der Waals surface area (Å²) in [6.07, 6.45) is 0. The van der Waals surface area contributed by atoms with Crippen LogP contribution < -0.4 is 11.1 Å². The van der Waals surface area contributed by atoms with Crippen LogP contribution in [0.1, 0.15) is 6.92 Å². The van der Waals surface area contributed by atoms with Gasteiger partial charge in [-0.3, -0.25) is 0 Å². The Labute approximate surface area is 104 Å². The summed E-state index contributed by atoms with van der Waals surface area (Å²) < 4.78 is 1.11. The van der Waals surface area contributed by atoms with Crippen molar-refractivity contribution < 1.29 is 0 Å². The van der Waals surface area contributed by atoms with Gasteiger partial charge in [0.1, 0.15) is 0 Å². The summed E-state index contributed by atoms with van der Waals surface area (Å²) in [5.74, 6) is 0. The van der Waals surface area contributed by atoms with Gasteiger partial charge in [0.05, 0.1) is 0 Å². The largest absolute Gasteiger partial charge is 0.381 e. The molecule has 2 aromatic carbocycles. The molecule has 0 aliphatic rings. The normalized spacial score (nSPS) is 12.7. The molecule has 0 aliphatic carbocycles. The van der Waals surface area contributed by atoms with E-state index in [1.165, 1.54) is 10.8 Å². The molecule has 0 radical (unpaired) electrons. The van der Waals surface area contributed by atoms with Crippen LogP contribution in [-0.4, -0.2) is 12.6 Å². The summed E-state index contributed by atoms with van der Waals surface area (Å²) in [6, 6.07) is 12.9. The smallest absolute Gasteiger partial charge is 0.0355 e. The second-order valence-corrected chi connectivity index (χ2v) is 4.90. The van der Waals surface area contributed by atoms with E-state index < -0.39 is 0 Å². The van der Waals surface area contributed by atoms with E-state index in [9.17, 15) is 0 Å². The summed E-state index contributed by atoms with van der Waals surface area (Å²) in [4.78, 5) is 0. The summed E-state index contributed by atoms with van der Waals surface area (Å²) in [7, 11) is 0. The van der Waals surface area contributed by atoms with Gasteiger partial charge in [-0.25, -0.2) is 0 Å². The molecular formula is C13H15BrN2. The van der Waals surface area contributed by atoms with Crippen molar-refractivity contribution in [2.45, 2.75) is 13.0 Å². The SMILES string of the molecule is CC(CN)Nc1ccc2cc(Br)ccc2c1. The highest BCUT2D eigenvalue weighted by molar-refractivity contribution is 9.10. The van der Waals surface area contributed by atoms with E-state index in [0.717, 1.165) is 10.2 Å². The predicted octanol–water partition coefficient (Wildman–Crippen LogP) is 3.36. The van der Waals surface area contributed by atoms with Crippen LogP contribution in [0.15, 0.2) is 40.9 Å². The summed E-state index contributed by atoms with van der Waals surface area (Å²) in [6.45, 7) is 2.71. The Bertz CT molecular complexity index is 496. The molecule has 1 unspecified atom stereocenters. The molecule has 2 rings (SSSR count). The van der Waals surface area contributed by atoms with Gasteiger partial charge in [-0.15, -0.1) is 0 Å². The van der Waals surface area contributed by atoms with E-state index in [2.05, 4.69) is 64.6 Å². The molecule has 16 heavy (non-hydrogen) atoms. The fourth-order valence-electron chi connectivity index (χ4n) is 1.65. The van der Waals surface area contributed by atoms with Crippen LogP contribution in [0.3, 0.4) is 0 Å². The number of rotatable bonds is 3. The van der Waals surface area contributed by atoms with Crippen LogP contribution in [0, 0.1) is 0 Å². The van der Waals surface area contributed by atoms with E-state index in [1.807, 2.05) is 0 Å². The zero-order valence-electron chi connectivity index (χ0n) is 9.20. The molecule has 3 heteroatoms. The lowest BCUT2D eigenvalue weighted by Crippen LogP contribution is -2.24. The molecule has 2 aromatic rings. The summed E-state index contributed by atoms with van der Waals surface area (Å²) in [5.41, 5.74) is 6.70. The second kappa shape index (κ2) is 4.85. The quantitative estimate of drug-likeness (QED) is 0.904. The molecule has 0 saturated carbocycles. The van der Waals surface area contributed by atoms with E-state index in [1.54, 1.807) is 0 Å². The highest BCUT2D eigenvalue weighted by Gasteiger charge is 2.00. The number of nitrogens with two attached hydrogens (primary N) is 1. The Morgan fingerprint density at radius 3 is 2.62 bits per heavy atom. The maximum absolute atomic E-state index is 5.58. The van der Waals surface area contributed by atoms with Crippen LogP contribution >= 0.6 is 15.9 Å². The van der Waals surface area contributed by atoms with Crippen LogP contribution in [0.5, 0.6) is 0 Å². The van der Waals surface area contributed by atoms with Crippen molar-refractivity contribution in [2.75, 3.05) is 11.9 Å². The molecule has 0 amide bonds. The van der Waals surface area contributed by atoms with Gasteiger partial charge in [-0.1, -0.05) is 28.1 Å². The van der Waals surface area contributed by atoms with Crippen LogP contribution in [0.25, 0.3) is 10.8 Å². The van der Waals surface area contributed by atoms with Gasteiger partial charge >= 0.3 is 0 Å². The first-order chi connectivity index (χ1) is 7.69. The van der Waals surface area contributed by atoms with Crippen molar-refractivity contribution in [1.82, 2.24) is 0 Å².